The van der Waals surface area contributed by atoms with Crippen molar-refractivity contribution in [2.45, 2.75) is 59.4 Å². The molecule has 0 bridgehead atoms. The highest BCUT2D eigenvalue weighted by molar-refractivity contribution is 5.82. The minimum Gasteiger partial charge on any atom is -0.464 e. The Kier molecular flexibility index (Phi) is 9.05. The topological polar surface area (TPSA) is 108 Å². The first-order valence-corrected chi connectivity index (χ1v) is 12.3. The smallest absolute Gasteiger partial charge is 0.325 e. The Labute approximate surface area is 212 Å². The van der Waals surface area contributed by atoms with Crippen LogP contribution in [0, 0.1) is 12.8 Å². The summed E-state index contributed by atoms with van der Waals surface area (Å²) < 4.78 is 14.5. The molecule has 0 radical (unpaired) electrons. The normalized spacial score (nSPS) is 14.2. The maximum absolute atomic E-state index is 12.5. The fraction of sp³-hybridized carbons (Fsp3) is 0.519. The lowest BCUT2D eigenvalue weighted by Crippen LogP contribution is -2.45. The highest BCUT2D eigenvalue weighted by Crippen LogP contribution is 2.29. The molecule has 9 heteroatoms. The van der Waals surface area contributed by atoms with Crippen LogP contribution in [0.2, 0.25) is 0 Å². The maximum Gasteiger partial charge on any atom is 0.325 e. The number of pyridine rings is 1. The van der Waals surface area contributed by atoms with Crippen LogP contribution >= 0.6 is 0 Å². The van der Waals surface area contributed by atoms with Crippen molar-refractivity contribution in [3.63, 3.8) is 0 Å². The quantitative estimate of drug-likeness (QED) is 0.391. The number of hydrogen-bond donors (Lipinski definition) is 2. The van der Waals surface area contributed by atoms with Gasteiger partial charge in [0.1, 0.15) is 11.9 Å². The average Bonchev–Trinajstić information content (AvgIpc) is 3.20. The summed E-state index contributed by atoms with van der Waals surface area (Å²) in [5.41, 5.74) is 4.10. The van der Waals surface area contributed by atoms with Crippen LogP contribution in [0.3, 0.4) is 0 Å². The molecular formula is C27H38N4O5. The van der Waals surface area contributed by atoms with Gasteiger partial charge in [-0.15, -0.1) is 0 Å². The van der Waals surface area contributed by atoms with Crippen LogP contribution in [0.4, 0.5) is 0 Å². The molecule has 2 unspecified atom stereocenters. The number of imidazole rings is 1. The molecule has 3 rings (SSSR count). The van der Waals surface area contributed by atoms with E-state index in [0.29, 0.717) is 25.3 Å². The lowest BCUT2D eigenvalue weighted by atomic mass is 10.1. The predicted octanol–water partition coefficient (Wildman–Crippen LogP) is 2.96. The second-order valence-electron chi connectivity index (χ2n) is 9.88. The zero-order valence-electron chi connectivity index (χ0n) is 22.2. The van der Waals surface area contributed by atoms with Gasteiger partial charge in [0, 0.05) is 38.0 Å². The fourth-order valence-electron chi connectivity index (χ4n) is 4.23. The molecule has 2 N–H and O–H groups in total. The minimum atomic E-state index is -0.903. The molecule has 0 aliphatic carbocycles. The summed E-state index contributed by atoms with van der Waals surface area (Å²) >= 11 is 0. The van der Waals surface area contributed by atoms with Crippen LogP contribution in [0.5, 0.6) is 0 Å². The number of ether oxygens (including phenoxy) is 2. The Bertz CT molecular complexity index is 1230. The number of carbonyl (C=O) groups excluding carboxylic acids is 1. The number of nitrogens with one attached hydrogen (secondary N) is 1. The summed E-state index contributed by atoms with van der Waals surface area (Å²) in [4.78, 5) is 29.6. The van der Waals surface area contributed by atoms with Gasteiger partial charge < -0.3 is 23.7 Å². The van der Waals surface area contributed by atoms with Gasteiger partial charge in [0.05, 0.1) is 36.4 Å². The summed E-state index contributed by atoms with van der Waals surface area (Å²) in [7, 11) is 3.40. The third-order valence-corrected chi connectivity index (χ3v) is 6.04. The van der Waals surface area contributed by atoms with Gasteiger partial charge in [0.2, 0.25) is 0 Å². The summed E-state index contributed by atoms with van der Waals surface area (Å²) in [6.45, 7) is 10.5. The average molecular weight is 499 g/mol. The molecule has 196 valence electrons. The van der Waals surface area contributed by atoms with Crippen LogP contribution in [-0.2, 0) is 27.9 Å². The molecule has 0 aliphatic heterocycles. The molecule has 9 nitrogen and oxygen atoms in total. The fourth-order valence-corrected chi connectivity index (χ4v) is 4.23. The van der Waals surface area contributed by atoms with Crippen molar-refractivity contribution in [3.05, 3.63) is 51.9 Å². The van der Waals surface area contributed by atoms with Crippen molar-refractivity contribution < 1.29 is 19.4 Å². The van der Waals surface area contributed by atoms with Gasteiger partial charge in [-0.2, -0.15) is 0 Å². The van der Waals surface area contributed by atoms with E-state index in [9.17, 15) is 14.7 Å². The molecule has 0 aliphatic rings. The molecule has 2 aromatic heterocycles. The van der Waals surface area contributed by atoms with Crippen LogP contribution in [0.15, 0.2) is 35.3 Å². The Hall–Kier alpha value is -3.01. The second-order valence-corrected chi connectivity index (χ2v) is 9.88. The minimum absolute atomic E-state index is 0.0213. The van der Waals surface area contributed by atoms with Crippen LogP contribution in [0.1, 0.15) is 44.9 Å². The monoisotopic (exact) mass is 498 g/mol. The summed E-state index contributed by atoms with van der Waals surface area (Å²) in [5.74, 6) is 0.494. The van der Waals surface area contributed by atoms with Gasteiger partial charge in [-0.25, -0.2) is 4.98 Å². The number of nitrogens with zero attached hydrogens (tertiary/aromatic N) is 3. The van der Waals surface area contributed by atoms with E-state index in [-0.39, 0.29) is 17.5 Å². The third-order valence-electron chi connectivity index (χ3n) is 6.04. The number of esters is 1. The number of hydrogen-bond acceptors (Lipinski definition) is 7. The van der Waals surface area contributed by atoms with Crippen LogP contribution in [0.25, 0.3) is 22.4 Å². The van der Waals surface area contributed by atoms with Gasteiger partial charge >= 0.3 is 5.97 Å². The molecule has 2 heterocycles. The Balaban J connectivity index is 1.97. The van der Waals surface area contributed by atoms with E-state index >= 15 is 0 Å². The SMILES string of the molecule is COC[C@H](C)n1c(-c2cc(C)c(=O)n(C)c2)nc2ccc(CNC(C(=O)OCC(C)C)C(C)O)cc21. The highest BCUT2D eigenvalue weighted by atomic mass is 16.5. The molecule has 0 fully saturated rings. The number of benzene rings is 1. The number of rotatable bonds is 11. The third kappa shape index (κ3) is 6.21. The Morgan fingerprint density at radius 3 is 2.50 bits per heavy atom. The molecule has 0 amide bonds. The molecule has 36 heavy (non-hydrogen) atoms. The van der Waals surface area contributed by atoms with Crippen molar-refractivity contribution in [1.82, 2.24) is 19.4 Å². The van der Waals surface area contributed by atoms with Crippen molar-refractivity contribution in [3.8, 4) is 11.4 Å². The van der Waals surface area contributed by atoms with E-state index in [1.165, 1.54) is 0 Å². The largest absolute Gasteiger partial charge is 0.464 e. The van der Waals surface area contributed by atoms with Crippen LogP contribution in [-0.4, -0.2) is 57.7 Å². The number of aryl methyl sites for hydroxylation is 2. The summed E-state index contributed by atoms with van der Waals surface area (Å²) in [6, 6.07) is 6.92. The van der Waals surface area contributed by atoms with E-state index in [1.54, 1.807) is 38.8 Å². The van der Waals surface area contributed by atoms with E-state index in [4.69, 9.17) is 14.5 Å². The number of carbonyl (C=O) groups is 1. The predicted molar refractivity (Wildman–Crippen MR) is 140 cm³/mol. The Morgan fingerprint density at radius 2 is 1.89 bits per heavy atom. The molecular weight excluding hydrogens is 460 g/mol. The molecule has 1 aromatic carbocycles. The number of aliphatic hydroxyl groups excluding tert-OH is 1. The maximum atomic E-state index is 12.5. The van der Waals surface area contributed by atoms with Crippen molar-refractivity contribution >= 4 is 17.0 Å². The summed E-state index contributed by atoms with van der Waals surface area (Å²) in [6.07, 6.45) is 0.894. The van der Waals surface area contributed by atoms with Crippen molar-refractivity contribution in [1.29, 1.82) is 0 Å². The van der Waals surface area contributed by atoms with Crippen LogP contribution < -0.4 is 10.9 Å². The van der Waals surface area contributed by atoms with Gasteiger partial charge in [-0.3, -0.25) is 14.9 Å². The molecule has 0 spiro atoms. The van der Waals surface area contributed by atoms with Gasteiger partial charge in [0.15, 0.2) is 0 Å². The molecule has 0 saturated heterocycles. The summed E-state index contributed by atoms with van der Waals surface area (Å²) in [5, 5.41) is 13.3. The number of aliphatic hydroxyl groups is 1. The Morgan fingerprint density at radius 1 is 1.17 bits per heavy atom. The lowest BCUT2D eigenvalue weighted by Gasteiger charge is -2.21. The van der Waals surface area contributed by atoms with E-state index in [1.807, 2.05) is 38.1 Å². The van der Waals surface area contributed by atoms with Gasteiger partial charge in [0.25, 0.3) is 5.56 Å². The number of methoxy groups -OCH3 is 1. The first kappa shape index (κ1) is 27.6. The first-order chi connectivity index (χ1) is 17.0. The van der Waals surface area contributed by atoms with E-state index in [0.717, 1.165) is 28.0 Å². The molecule has 3 aromatic rings. The number of aromatic nitrogens is 3. The zero-order valence-corrected chi connectivity index (χ0v) is 22.2. The van der Waals surface area contributed by atoms with Gasteiger partial charge in [-0.1, -0.05) is 19.9 Å². The lowest BCUT2D eigenvalue weighted by molar-refractivity contribution is -0.150. The molecule has 0 saturated carbocycles. The second kappa shape index (κ2) is 11.8. The molecule has 3 atom stereocenters. The van der Waals surface area contributed by atoms with E-state index < -0.39 is 18.1 Å². The standard InChI is InChI=1S/C27H38N4O5/c1-16(2)14-36-27(34)24(19(5)32)28-12-20-8-9-22-23(11-20)31(18(4)15-35-7)25(29-22)21-10-17(3)26(33)30(6)13-21/h8-11,13,16,18-19,24,28,32H,12,14-15H2,1-7H3/t18-,19?,24?/m0/s1. The van der Waals surface area contributed by atoms with E-state index in [2.05, 4.69) is 16.8 Å². The first-order valence-electron chi connectivity index (χ1n) is 12.3. The van der Waals surface area contributed by atoms with Crippen molar-refractivity contribution in [2.75, 3.05) is 20.3 Å². The van der Waals surface area contributed by atoms with Crippen molar-refractivity contribution in [2.24, 2.45) is 13.0 Å². The highest BCUT2D eigenvalue weighted by Gasteiger charge is 2.25. The number of fused-ring (bicyclic) bond motifs is 1. The van der Waals surface area contributed by atoms with Gasteiger partial charge in [-0.05, 0) is 50.5 Å². The zero-order chi connectivity index (χ0) is 26.6.